The van der Waals surface area contributed by atoms with Crippen molar-refractivity contribution in [3.63, 3.8) is 0 Å². The van der Waals surface area contributed by atoms with Crippen molar-refractivity contribution in [2.75, 3.05) is 0 Å². The van der Waals surface area contributed by atoms with Gasteiger partial charge in [0.1, 0.15) is 5.75 Å². The molecule has 1 N–H and O–H groups in total. The van der Waals surface area contributed by atoms with Gasteiger partial charge in [-0.05, 0) is 38.3 Å². The summed E-state index contributed by atoms with van der Waals surface area (Å²) in [5.41, 5.74) is 0.961. The lowest BCUT2D eigenvalue weighted by Crippen LogP contribution is -2.08. The smallest absolute Gasteiger partial charge is 0.245 e. The SMILES string of the molecule is CC(F)(F)CCCCc1c(O)cccc1C#N. The van der Waals surface area contributed by atoms with E-state index < -0.39 is 5.92 Å². The molecule has 0 unspecified atom stereocenters. The highest BCUT2D eigenvalue weighted by atomic mass is 19.3. The molecule has 0 spiro atoms. The maximum atomic E-state index is 12.6. The Morgan fingerprint density at radius 1 is 1.35 bits per heavy atom. The first-order chi connectivity index (χ1) is 7.94. The van der Waals surface area contributed by atoms with E-state index in [2.05, 4.69) is 0 Å². The molecule has 0 aliphatic rings. The molecule has 0 saturated heterocycles. The number of aromatic hydroxyl groups is 1. The number of rotatable bonds is 5. The molecule has 0 aliphatic carbocycles. The number of benzene rings is 1. The molecule has 0 radical (unpaired) electrons. The molecule has 0 heterocycles. The first kappa shape index (κ1) is 13.4. The van der Waals surface area contributed by atoms with E-state index in [0.717, 1.165) is 6.92 Å². The third-order valence-corrected chi connectivity index (χ3v) is 2.56. The summed E-state index contributed by atoms with van der Waals surface area (Å²) in [6.07, 6.45) is 1.20. The summed E-state index contributed by atoms with van der Waals surface area (Å²) in [5, 5.41) is 18.4. The van der Waals surface area contributed by atoms with Crippen molar-refractivity contribution in [3.05, 3.63) is 29.3 Å². The summed E-state index contributed by atoms with van der Waals surface area (Å²) in [4.78, 5) is 0. The van der Waals surface area contributed by atoms with Gasteiger partial charge in [0.15, 0.2) is 0 Å². The lowest BCUT2D eigenvalue weighted by Gasteiger charge is -2.10. The van der Waals surface area contributed by atoms with Crippen LogP contribution < -0.4 is 0 Å². The maximum absolute atomic E-state index is 12.6. The van der Waals surface area contributed by atoms with E-state index in [-0.39, 0.29) is 12.2 Å². The molecule has 1 aromatic carbocycles. The molecule has 0 atom stereocenters. The Kier molecular flexibility index (Phi) is 4.45. The van der Waals surface area contributed by atoms with Gasteiger partial charge in [-0.15, -0.1) is 0 Å². The van der Waals surface area contributed by atoms with Crippen molar-refractivity contribution in [2.45, 2.75) is 38.5 Å². The van der Waals surface area contributed by atoms with Crippen LogP contribution in [0.15, 0.2) is 18.2 Å². The van der Waals surface area contributed by atoms with Crippen LogP contribution in [0, 0.1) is 11.3 Å². The van der Waals surface area contributed by atoms with E-state index in [1.807, 2.05) is 6.07 Å². The number of phenolic OH excluding ortho intramolecular Hbond substituents is 1. The number of phenols is 1. The van der Waals surface area contributed by atoms with E-state index in [1.54, 1.807) is 12.1 Å². The van der Waals surface area contributed by atoms with Crippen LogP contribution in [0.5, 0.6) is 5.75 Å². The number of hydrogen-bond donors (Lipinski definition) is 1. The zero-order chi connectivity index (χ0) is 12.9. The van der Waals surface area contributed by atoms with Crippen molar-refractivity contribution in [3.8, 4) is 11.8 Å². The molecular formula is C13H15F2NO. The summed E-state index contributed by atoms with van der Waals surface area (Å²) in [6.45, 7) is 0.897. The fraction of sp³-hybridized carbons (Fsp3) is 0.462. The summed E-state index contributed by atoms with van der Waals surface area (Å²) >= 11 is 0. The second kappa shape index (κ2) is 5.62. The van der Waals surface area contributed by atoms with Gasteiger partial charge >= 0.3 is 0 Å². The molecule has 17 heavy (non-hydrogen) atoms. The van der Waals surface area contributed by atoms with Crippen molar-refractivity contribution < 1.29 is 13.9 Å². The van der Waals surface area contributed by atoms with Crippen LogP contribution in [0.2, 0.25) is 0 Å². The molecule has 1 aromatic rings. The standard InChI is InChI=1S/C13H15F2NO/c1-13(14,15)8-3-2-6-11-10(9-16)5-4-7-12(11)17/h4-5,7,17H,2-3,6,8H2,1H3. The summed E-state index contributed by atoms with van der Waals surface area (Å²) in [7, 11) is 0. The van der Waals surface area contributed by atoms with Crippen molar-refractivity contribution in [2.24, 2.45) is 0 Å². The van der Waals surface area contributed by atoms with E-state index >= 15 is 0 Å². The first-order valence-corrected chi connectivity index (χ1v) is 5.53. The van der Waals surface area contributed by atoms with Gasteiger partial charge in [0.25, 0.3) is 0 Å². The van der Waals surface area contributed by atoms with Crippen molar-refractivity contribution in [1.29, 1.82) is 5.26 Å². The fourth-order valence-corrected chi connectivity index (χ4v) is 1.68. The van der Waals surface area contributed by atoms with E-state index in [1.165, 1.54) is 6.07 Å². The average Bonchev–Trinajstić information content (AvgIpc) is 2.24. The van der Waals surface area contributed by atoms with Gasteiger partial charge in [0.2, 0.25) is 5.92 Å². The molecular weight excluding hydrogens is 224 g/mol. The van der Waals surface area contributed by atoms with Crippen LogP contribution >= 0.6 is 0 Å². The van der Waals surface area contributed by atoms with E-state index in [9.17, 15) is 13.9 Å². The maximum Gasteiger partial charge on any atom is 0.245 e. The zero-order valence-corrected chi connectivity index (χ0v) is 9.71. The van der Waals surface area contributed by atoms with Crippen LogP contribution in [-0.2, 0) is 6.42 Å². The second-order valence-corrected chi connectivity index (χ2v) is 4.19. The Morgan fingerprint density at radius 2 is 2.06 bits per heavy atom. The van der Waals surface area contributed by atoms with Gasteiger partial charge in [-0.1, -0.05) is 6.07 Å². The lowest BCUT2D eigenvalue weighted by atomic mass is 10.00. The largest absolute Gasteiger partial charge is 0.508 e. The Hall–Kier alpha value is -1.63. The zero-order valence-electron chi connectivity index (χ0n) is 9.71. The quantitative estimate of drug-likeness (QED) is 0.797. The number of nitriles is 1. The van der Waals surface area contributed by atoms with E-state index in [4.69, 9.17) is 5.26 Å². The van der Waals surface area contributed by atoms with Gasteiger partial charge in [-0.2, -0.15) is 5.26 Å². The monoisotopic (exact) mass is 239 g/mol. The molecule has 0 aromatic heterocycles. The van der Waals surface area contributed by atoms with Crippen LogP contribution in [0.25, 0.3) is 0 Å². The van der Waals surface area contributed by atoms with Crippen LogP contribution in [0.4, 0.5) is 8.78 Å². The number of unbranched alkanes of at least 4 members (excludes halogenated alkanes) is 1. The highest BCUT2D eigenvalue weighted by Gasteiger charge is 2.19. The average molecular weight is 239 g/mol. The molecule has 0 aliphatic heterocycles. The normalized spacial score (nSPS) is 11.2. The Morgan fingerprint density at radius 3 is 2.65 bits per heavy atom. The predicted octanol–water partition coefficient (Wildman–Crippen LogP) is 3.63. The fourth-order valence-electron chi connectivity index (χ4n) is 1.68. The van der Waals surface area contributed by atoms with Gasteiger partial charge in [-0.25, -0.2) is 8.78 Å². The van der Waals surface area contributed by atoms with Crippen molar-refractivity contribution >= 4 is 0 Å². The minimum absolute atomic E-state index is 0.0623. The summed E-state index contributed by atoms with van der Waals surface area (Å²) in [5.74, 6) is -2.58. The van der Waals surface area contributed by atoms with Gasteiger partial charge in [-0.3, -0.25) is 0 Å². The third-order valence-electron chi connectivity index (χ3n) is 2.56. The summed E-state index contributed by atoms with van der Waals surface area (Å²) < 4.78 is 25.1. The molecule has 0 saturated carbocycles. The Labute approximate surface area is 99.5 Å². The van der Waals surface area contributed by atoms with Gasteiger partial charge in [0, 0.05) is 12.0 Å². The molecule has 2 nitrogen and oxygen atoms in total. The Bertz CT molecular complexity index is 418. The number of hydrogen-bond acceptors (Lipinski definition) is 2. The third kappa shape index (κ3) is 4.39. The van der Waals surface area contributed by atoms with Crippen molar-refractivity contribution in [1.82, 2.24) is 0 Å². The first-order valence-electron chi connectivity index (χ1n) is 5.53. The lowest BCUT2D eigenvalue weighted by molar-refractivity contribution is 0.0105. The molecule has 0 fully saturated rings. The van der Waals surface area contributed by atoms with Crippen LogP contribution in [-0.4, -0.2) is 11.0 Å². The topological polar surface area (TPSA) is 44.0 Å². The van der Waals surface area contributed by atoms with Crippen LogP contribution in [0.3, 0.4) is 0 Å². The van der Waals surface area contributed by atoms with E-state index in [0.29, 0.717) is 30.4 Å². The Balaban J connectivity index is 2.55. The highest BCUT2D eigenvalue weighted by molar-refractivity contribution is 5.45. The molecule has 0 bridgehead atoms. The minimum atomic E-state index is -2.64. The molecule has 4 heteroatoms. The molecule has 1 rings (SSSR count). The number of halogens is 2. The summed E-state index contributed by atoms with van der Waals surface area (Å²) in [6, 6.07) is 6.70. The molecule has 92 valence electrons. The van der Waals surface area contributed by atoms with Crippen LogP contribution in [0.1, 0.15) is 37.3 Å². The molecule has 0 amide bonds. The minimum Gasteiger partial charge on any atom is -0.508 e. The predicted molar refractivity (Wildman–Crippen MR) is 61.0 cm³/mol. The van der Waals surface area contributed by atoms with Gasteiger partial charge in [0.05, 0.1) is 11.6 Å². The second-order valence-electron chi connectivity index (χ2n) is 4.19. The van der Waals surface area contributed by atoms with Gasteiger partial charge < -0.3 is 5.11 Å². The highest BCUT2D eigenvalue weighted by Crippen LogP contribution is 2.25. The number of alkyl halides is 2. The number of nitrogens with zero attached hydrogens (tertiary/aromatic N) is 1.